The number of hydrogen-bond donors (Lipinski definition) is 2. The second-order valence-electron chi connectivity index (χ2n) is 4.33. The van der Waals surface area contributed by atoms with E-state index in [0.717, 1.165) is 11.6 Å². The van der Waals surface area contributed by atoms with Crippen LogP contribution in [-0.4, -0.2) is 0 Å². The van der Waals surface area contributed by atoms with Gasteiger partial charge in [-0.3, -0.25) is 0 Å². The molecule has 4 heteroatoms. The van der Waals surface area contributed by atoms with Gasteiger partial charge in [-0.25, -0.2) is 8.78 Å². The molecule has 94 valence electrons. The highest BCUT2D eigenvalue weighted by Gasteiger charge is 2.14. The van der Waals surface area contributed by atoms with Gasteiger partial charge in [0, 0.05) is 16.8 Å². The molecule has 0 fully saturated rings. The summed E-state index contributed by atoms with van der Waals surface area (Å²) in [6.07, 6.45) is 0. The van der Waals surface area contributed by atoms with Crippen molar-refractivity contribution in [2.45, 2.75) is 13.8 Å². The van der Waals surface area contributed by atoms with Crippen LogP contribution in [0.4, 0.5) is 20.2 Å². The van der Waals surface area contributed by atoms with Gasteiger partial charge in [-0.15, -0.1) is 0 Å². The van der Waals surface area contributed by atoms with Gasteiger partial charge >= 0.3 is 0 Å². The maximum absolute atomic E-state index is 14.1. The van der Waals surface area contributed by atoms with Crippen LogP contribution >= 0.6 is 0 Å². The van der Waals surface area contributed by atoms with E-state index in [9.17, 15) is 8.78 Å². The molecule has 0 atom stereocenters. The number of benzene rings is 2. The Hall–Kier alpha value is -2.10. The van der Waals surface area contributed by atoms with Crippen LogP contribution in [0, 0.1) is 25.5 Å². The van der Waals surface area contributed by atoms with Crippen LogP contribution in [0.25, 0.3) is 11.1 Å². The third-order valence-electron chi connectivity index (χ3n) is 3.08. The number of nitrogen functional groups attached to an aromatic ring is 2. The standard InChI is InChI=1S/C14H14F2N2/c1-7-5-9(3-4-12(7)17)10-6-11(15)14(18)8(2)13(10)16/h3-6H,17-18H2,1-2H3. The summed E-state index contributed by atoms with van der Waals surface area (Å²) in [7, 11) is 0. The molecule has 0 aliphatic carbocycles. The highest BCUT2D eigenvalue weighted by atomic mass is 19.1. The van der Waals surface area contributed by atoms with Gasteiger partial charge in [0.15, 0.2) is 0 Å². The maximum Gasteiger partial charge on any atom is 0.147 e. The predicted octanol–water partition coefficient (Wildman–Crippen LogP) is 3.41. The molecule has 0 radical (unpaired) electrons. The lowest BCUT2D eigenvalue weighted by atomic mass is 9.99. The summed E-state index contributed by atoms with van der Waals surface area (Å²) in [5, 5.41) is 0. The van der Waals surface area contributed by atoms with Crippen LogP contribution in [0.2, 0.25) is 0 Å². The van der Waals surface area contributed by atoms with E-state index in [4.69, 9.17) is 11.5 Å². The zero-order chi connectivity index (χ0) is 13.4. The fourth-order valence-corrected chi connectivity index (χ4v) is 1.82. The third kappa shape index (κ3) is 1.90. The van der Waals surface area contributed by atoms with Crippen LogP contribution < -0.4 is 11.5 Å². The summed E-state index contributed by atoms with van der Waals surface area (Å²) in [6, 6.07) is 6.18. The molecule has 18 heavy (non-hydrogen) atoms. The summed E-state index contributed by atoms with van der Waals surface area (Å²) in [5.74, 6) is -1.11. The molecule has 0 aliphatic rings. The normalized spacial score (nSPS) is 10.7. The van der Waals surface area contributed by atoms with Gasteiger partial charge < -0.3 is 11.5 Å². The van der Waals surface area contributed by atoms with Crippen LogP contribution in [0.3, 0.4) is 0 Å². The first-order valence-corrected chi connectivity index (χ1v) is 5.52. The number of halogens is 2. The van der Waals surface area contributed by atoms with Gasteiger partial charge in [0.25, 0.3) is 0 Å². The molecule has 0 saturated carbocycles. The summed E-state index contributed by atoms with van der Waals surface area (Å²) in [6.45, 7) is 3.28. The minimum atomic E-state index is -0.613. The Labute approximate surface area is 104 Å². The molecule has 0 heterocycles. The lowest BCUT2D eigenvalue weighted by molar-refractivity contribution is 0.600. The number of aryl methyl sites for hydroxylation is 1. The van der Waals surface area contributed by atoms with Crippen molar-refractivity contribution in [2.75, 3.05) is 11.5 Å². The summed E-state index contributed by atoms with van der Waals surface area (Å²) in [5.41, 5.74) is 13.3. The molecule has 0 aromatic heterocycles. The van der Waals surface area contributed by atoms with E-state index in [0.29, 0.717) is 11.3 Å². The topological polar surface area (TPSA) is 52.0 Å². The Kier molecular flexibility index (Phi) is 2.95. The molecule has 2 rings (SSSR count). The fourth-order valence-electron chi connectivity index (χ4n) is 1.82. The van der Waals surface area contributed by atoms with E-state index in [1.165, 1.54) is 6.92 Å². The van der Waals surface area contributed by atoms with Crippen LogP contribution in [0.15, 0.2) is 24.3 Å². The SMILES string of the molecule is Cc1cc(-c2cc(F)c(N)c(C)c2F)ccc1N. The Balaban J connectivity index is 2.67. The minimum absolute atomic E-state index is 0.125. The zero-order valence-electron chi connectivity index (χ0n) is 10.2. The molecule has 0 spiro atoms. The zero-order valence-corrected chi connectivity index (χ0v) is 10.2. The lowest BCUT2D eigenvalue weighted by Crippen LogP contribution is -2.00. The number of anilines is 2. The second-order valence-corrected chi connectivity index (χ2v) is 4.33. The van der Waals surface area contributed by atoms with Gasteiger partial charge in [-0.05, 0) is 43.2 Å². The van der Waals surface area contributed by atoms with Gasteiger partial charge in [0.1, 0.15) is 11.6 Å². The largest absolute Gasteiger partial charge is 0.399 e. The lowest BCUT2D eigenvalue weighted by Gasteiger charge is -2.11. The van der Waals surface area contributed by atoms with E-state index in [2.05, 4.69) is 0 Å². The summed E-state index contributed by atoms with van der Waals surface area (Å²) >= 11 is 0. The molecular formula is C14H14F2N2. The van der Waals surface area contributed by atoms with E-state index < -0.39 is 11.6 Å². The van der Waals surface area contributed by atoms with Gasteiger partial charge in [0.05, 0.1) is 5.69 Å². The molecule has 0 unspecified atom stereocenters. The molecule has 0 aliphatic heterocycles. The fraction of sp³-hybridized carbons (Fsp3) is 0.143. The van der Waals surface area contributed by atoms with Crippen molar-refractivity contribution < 1.29 is 8.78 Å². The Morgan fingerprint density at radius 1 is 1.00 bits per heavy atom. The molecule has 0 amide bonds. The van der Waals surface area contributed by atoms with E-state index in [-0.39, 0.29) is 16.8 Å². The molecule has 2 aromatic rings. The summed E-state index contributed by atoms with van der Waals surface area (Å²) in [4.78, 5) is 0. The highest BCUT2D eigenvalue weighted by Crippen LogP contribution is 2.31. The first kappa shape index (κ1) is 12.4. The average Bonchev–Trinajstić information content (AvgIpc) is 2.35. The van der Waals surface area contributed by atoms with Crippen molar-refractivity contribution in [1.29, 1.82) is 0 Å². The minimum Gasteiger partial charge on any atom is -0.399 e. The van der Waals surface area contributed by atoms with E-state index in [1.54, 1.807) is 18.2 Å². The van der Waals surface area contributed by atoms with Crippen molar-refractivity contribution in [3.05, 3.63) is 47.0 Å². The van der Waals surface area contributed by atoms with Gasteiger partial charge in [0.2, 0.25) is 0 Å². The molecule has 4 N–H and O–H groups in total. The molecule has 0 bridgehead atoms. The quantitative estimate of drug-likeness (QED) is 0.760. The Morgan fingerprint density at radius 3 is 2.28 bits per heavy atom. The maximum atomic E-state index is 14.1. The Bertz CT molecular complexity index is 622. The third-order valence-corrected chi connectivity index (χ3v) is 3.08. The summed E-state index contributed by atoms with van der Waals surface area (Å²) < 4.78 is 27.7. The predicted molar refractivity (Wildman–Crippen MR) is 70.1 cm³/mol. The van der Waals surface area contributed by atoms with Gasteiger partial charge in [-0.1, -0.05) is 6.07 Å². The van der Waals surface area contributed by atoms with Crippen molar-refractivity contribution in [3.63, 3.8) is 0 Å². The number of nitrogens with two attached hydrogens (primary N) is 2. The van der Waals surface area contributed by atoms with E-state index in [1.807, 2.05) is 6.92 Å². The monoisotopic (exact) mass is 248 g/mol. The molecule has 0 saturated heterocycles. The molecule has 2 aromatic carbocycles. The Morgan fingerprint density at radius 2 is 1.67 bits per heavy atom. The van der Waals surface area contributed by atoms with Crippen LogP contribution in [0.1, 0.15) is 11.1 Å². The average molecular weight is 248 g/mol. The number of rotatable bonds is 1. The second kappa shape index (κ2) is 4.29. The smallest absolute Gasteiger partial charge is 0.147 e. The first-order valence-electron chi connectivity index (χ1n) is 5.52. The van der Waals surface area contributed by atoms with Crippen LogP contribution in [0.5, 0.6) is 0 Å². The van der Waals surface area contributed by atoms with Crippen molar-refractivity contribution in [2.24, 2.45) is 0 Å². The molecular weight excluding hydrogens is 234 g/mol. The highest BCUT2D eigenvalue weighted by molar-refractivity contribution is 5.71. The van der Waals surface area contributed by atoms with Crippen molar-refractivity contribution in [3.8, 4) is 11.1 Å². The van der Waals surface area contributed by atoms with Gasteiger partial charge in [-0.2, -0.15) is 0 Å². The number of hydrogen-bond acceptors (Lipinski definition) is 2. The van der Waals surface area contributed by atoms with E-state index >= 15 is 0 Å². The molecule has 2 nitrogen and oxygen atoms in total. The van der Waals surface area contributed by atoms with Crippen molar-refractivity contribution >= 4 is 11.4 Å². The van der Waals surface area contributed by atoms with Crippen molar-refractivity contribution in [1.82, 2.24) is 0 Å². The first-order chi connectivity index (χ1) is 8.41. The van der Waals surface area contributed by atoms with Crippen LogP contribution in [-0.2, 0) is 0 Å².